The van der Waals surface area contributed by atoms with E-state index in [4.69, 9.17) is 19.9 Å². The molecule has 0 aliphatic carbocycles. The van der Waals surface area contributed by atoms with Gasteiger partial charge in [-0.2, -0.15) is 0 Å². The molecule has 0 bridgehead atoms. The van der Waals surface area contributed by atoms with Crippen molar-refractivity contribution < 1.29 is 19.0 Å². The van der Waals surface area contributed by atoms with Crippen LogP contribution in [0.4, 0.5) is 5.82 Å². The van der Waals surface area contributed by atoms with E-state index in [1.54, 1.807) is 17.8 Å². The van der Waals surface area contributed by atoms with Gasteiger partial charge in [-0.1, -0.05) is 0 Å². The molecule has 1 unspecified atom stereocenters. The summed E-state index contributed by atoms with van der Waals surface area (Å²) < 4.78 is 19.5. The zero-order valence-electron chi connectivity index (χ0n) is 13.9. The fourth-order valence-corrected chi connectivity index (χ4v) is 3.37. The van der Waals surface area contributed by atoms with Gasteiger partial charge in [0, 0.05) is 0 Å². The number of rotatable bonds is 2. The Kier molecular flexibility index (Phi) is 3.18. The molecule has 4 atom stereocenters. The minimum Gasteiger partial charge on any atom is -0.382 e. The van der Waals surface area contributed by atoms with Gasteiger partial charge in [0.15, 0.2) is 29.3 Å². The number of fused-ring (bicyclic) bond motifs is 2. The number of Topliss-reactive ketones (excluding diaryl/α,β-unsaturated/α-hetero) is 1. The van der Waals surface area contributed by atoms with E-state index < -0.39 is 30.3 Å². The quantitative estimate of drug-likeness (QED) is 0.855. The highest BCUT2D eigenvalue weighted by molar-refractivity contribution is 5.82. The van der Waals surface area contributed by atoms with Crippen LogP contribution >= 0.6 is 0 Å². The summed E-state index contributed by atoms with van der Waals surface area (Å²) in [5, 5.41) is 0. The van der Waals surface area contributed by atoms with Crippen LogP contribution in [0.1, 0.15) is 32.8 Å². The normalized spacial score (nSPS) is 31.5. The van der Waals surface area contributed by atoms with Crippen molar-refractivity contribution in [1.29, 1.82) is 0 Å². The number of aromatic nitrogens is 4. The van der Waals surface area contributed by atoms with Crippen molar-refractivity contribution in [2.45, 2.75) is 58.0 Å². The molecule has 9 nitrogen and oxygen atoms in total. The van der Waals surface area contributed by atoms with Gasteiger partial charge in [0.1, 0.15) is 29.7 Å². The van der Waals surface area contributed by atoms with E-state index in [0.717, 1.165) is 0 Å². The Balaban J connectivity index is 1.80. The maximum atomic E-state index is 12.0. The van der Waals surface area contributed by atoms with E-state index in [0.29, 0.717) is 22.8 Å². The molecular weight excluding hydrogens is 314 g/mol. The standard InChI is InChI=1S/C15H19N5O4/c1-6(21)9-10-11(24-15(3,4)23-10)14(22-9)20-5-17-8-12(16)18-7(2)19-13(8)20/h5,9-11,14H,1-4H3,(H2,16,18,19)/t9-,10-,11-,14?/m1/s1. The minimum absolute atomic E-state index is 0.108. The van der Waals surface area contributed by atoms with Crippen LogP contribution in [0.2, 0.25) is 0 Å². The smallest absolute Gasteiger partial charge is 0.167 e. The van der Waals surface area contributed by atoms with Crippen LogP contribution in [0.15, 0.2) is 6.33 Å². The lowest BCUT2D eigenvalue weighted by atomic mass is 10.1. The van der Waals surface area contributed by atoms with Gasteiger partial charge in [0.05, 0.1) is 6.33 Å². The lowest BCUT2D eigenvalue weighted by Gasteiger charge is -2.24. The van der Waals surface area contributed by atoms with Crippen molar-refractivity contribution in [2.75, 3.05) is 5.73 Å². The molecule has 4 heterocycles. The van der Waals surface area contributed by atoms with E-state index in [2.05, 4.69) is 15.0 Å². The van der Waals surface area contributed by atoms with E-state index in [9.17, 15) is 4.79 Å². The first-order valence-electron chi connectivity index (χ1n) is 7.75. The molecule has 9 heteroatoms. The molecule has 2 saturated heterocycles. The number of imidazole rings is 1. The van der Waals surface area contributed by atoms with Crippen molar-refractivity contribution >= 4 is 22.8 Å². The average molecular weight is 333 g/mol. The van der Waals surface area contributed by atoms with Gasteiger partial charge in [0.25, 0.3) is 0 Å². The van der Waals surface area contributed by atoms with Crippen LogP contribution in [0, 0.1) is 6.92 Å². The molecule has 24 heavy (non-hydrogen) atoms. The van der Waals surface area contributed by atoms with Crippen LogP contribution in [0.5, 0.6) is 0 Å². The van der Waals surface area contributed by atoms with Crippen molar-refractivity contribution in [2.24, 2.45) is 0 Å². The maximum absolute atomic E-state index is 12.0. The van der Waals surface area contributed by atoms with Gasteiger partial charge in [0.2, 0.25) is 0 Å². The Morgan fingerprint density at radius 2 is 2.00 bits per heavy atom. The number of aryl methyl sites for hydroxylation is 1. The maximum Gasteiger partial charge on any atom is 0.167 e. The third-order valence-electron chi connectivity index (χ3n) is 4.26. The van der Waals surface area contributed by atoms with Crippen LogP contribution in [0.3, 0.4) is 0 Å². The first kappa shape index (κ1) is 15.4. The molecule has 0 saturated carbocycles. The number of nitrogens with zero attached hydrogens (tertiary/aromatic N) is 4. The molecular formula is C15H19N5O4. The number of nitrogens with two attached hydrogens (primary N) is 1. The molecule has 128 valence electrons. The number of nitrogen functional groups attached to an aromatic ring is 1. The number of carbonyl (C=O) groups is 1. The molecule has 4 rings (SSSR count). The third kappa shape index (κ3) is 2.20. The first-order valence-corrected chi connectivity index (χ1v) is 7.75. The Bertz CT molecular complexity index is 833. The van der Waals surface area contributed by atoms with Crippen molar-refractivity contribution in [3.63, 3.8) is 0 Å². The molecule has 0 amide bonds. The summed E-state index contributed by atoms with van der Waals surface area (Å²) in [6, 6.07) is 0. The highest BCUT2D eigenvalue weighted by atomic mass is 16.8. The van der Waals surface area contributed by atoms with Crippen molar-refractivity contribution in [3.05, 3.63) is 12.2 Å². The van der Waals surface area contributed by atoms with Gasteiger partial charge in [-0.15, -0.1) is 0 Å². The molecule has 0 spiro atoms. The van der Waals surface area contributed by atoms with E-state index in [1.807, 2.05) is 13.8 Å². The number of hydrogen-bond acceptors (Lipinski definition) is 8. The fraction of sp³-hybridized carbons (Fsp3) is 0.600. The zero-order valence-corrected chi connectivity index (χ0v) is 13.9. The second-order valence-electron chi connectivity index (χ2n) is 6.60. The second kappa shape index (κ2) is 4.95. The van der Waals surface area contributed by atoms with Crippen LogP contribution in [-0.4, -0.2) is 49.4 Å². The van der Waals surface area contributed by atoms with E-state index in [1.165, 1.54) is 6.92 Å². The van der Waals surface area contributed by atoms with Crippen LogP contribution in [-0.2, 0) is 19.0 Å². The number of ketones is 1. The number of anilines is 1. The summed E-state index contributed by atoms with van der Waals surface area (Å²) in [5.74, 6) is -0.0597. The van der Waals surface area contributed by atoms with Crippen LogP contribution < -0.4 is 5.73 Å². The topological polar surface area (TPSA) is 114 Å². The monoisotopic (exact) mass is 333 g/mol. The van der Waals surface area contributed by atoms with Gasteiger partial charge in [-0.05, 0) is 27.7 Å². The lowest BCUT2D eigenvalue weighted by Crippen LogP contribution is -2.34. The van der Waals surface area contributed by atoms with E-state index >= 15 is 0 Å². The fourth-order valence-electron chi connectivity index (χ4n) is 3.37. The molecule has 2 aliphatic heterocycles. The first-order chi connectivity index (χ1) is 11.3. The highest BCUT2D eigenvalue weighted by Gasteiger charge is 2.57. The van der Waals surface area contributed by atoms with Crippen LogP contribution in [0.25, 0.3) is 11.2 Å². The molecule has 0 radical (unpaired) electrons. The third-order valence-corrected chi connectivity index (χ3v) is 4.26. The predicted molar refractivity (Wildman–Crippen MR) is 82.9 cm³/mol. The summed E-state index contributed by atoms with van der Waals surface area (Å²) >= 11 is 0. The molecule has 2 aliphatic rings. The Morgan fingerprint density at radius 3 is 2.71 bits per heavy atom. The number of hydrogen-bond donors (Lipinski definition) is 1. The highest BCUT2D eigenvalue weighted by Crippen LogP contribution is 2.44. The van der Waals surface area contributed by atoms with Gasteiger partial charge in [-0.25, -0.2) is 15.0 Å². The van der Waals surface area contributed by atoms with Crippen molar-refractivity contribution in [1.82, 2.24) is 19.5 Å². The van der Waals surface area contributed by atoms with Gasteiger partial charge >= 0.3 is 0 Å². The zero-order chi connectivity index (χ0) is 17.2. The van der Waals surface area contributed by atoms with Crippen molar-refractivity contribution in [3.8, 4) is 0 Å². The molecule has 2 aromatic rings. The lowest BCUT2D eigenvalue weighted by molar-refractivity contribution is -0.196. The number of ether oxygens (including phenoxy) is 3. The molecule has 2 N–H and O–H groups in total. The summed E-state index contributed by atoms with van der Waals surface area (Å²) in [6.07, 6.45) is -0.611. The Hall–Kier alpha value is -2.10. The molecule has 2 fully saturated rings. The summed E-state index contributed by atoms with van der Waals surface area (Å²) in [5.41, 5.74) is 6.95. The Morgan fingerprint density at radius 1 is 1.29 bits per heavy atom. The van der Waals surface area contributed by atoms with Gasteiger partial charge in [-0.3, -0.25) is 9.36 Å². The summed E-state index contributed by atoms with van der Waals surface area (Å²) in [7, 11) is 0. The number of carbonyl (C=O) groups excluding carboxylic acids is 1. The summed E-state index contributed by atoms with van der Waals surface area (Å²) in [6.45, 7) is 6.86. The summed E-state index contributed by atoms with van der Waals surface area (Å²) in [4.78, 5) is 24.8. The molecule has 2 aromatic heterocycles. The molecule has 0 aromatic carbocycles. The minimum atomic E-state index is -0.786. The van der Waals surface area contributed by atoms with E-state index in [-0.39, 0.29) is 5.78 Å². The second-order valence-corrected chi connectivity index (χ2v) is 6.60. The Labute approximate surface area is 138 Å². The van der Waals surface area contributed by atoms with Gasteiger partial charge < -0.3 is 19.9 Å². The SMILES string of the molecule is CC(=O)[C@H]1OC(n2cnc3c(N)nc(C)nc32)[C@@H]2OC(C)(C)O[C@H]12. The predicted octanol–water partition coefficient (Wildman–Crippen LogP) is 0.723. The largest absolute Gasteiger partial charge is 0.382 e. The average Bonchev–Trinajstić information content (AvgIpc) is 3.09.